The zero-order valence-corrected chi connectivity index (χ0v) is 14.4. The Labute approximate surface area is 143 Å². The van der Waals surface area contributed by atoms with Gasteiger partial charge in [-0.2, -0.15) is 13.2 Å². The van der Waals surface area contributed by atoms with Gasteiger partial charge in [0, 0.05) is 24.4 Å². The summed E-state index contributed by atoms with van der Waals surface area (Å²) in [5.74, 6) is -0.244. The normalized spacial score (nSPS) is 20.0. The van der Waals surface area contributed by atoms with E-state index in [4.69, 9.17) is 5.73 Å². The number of alkyl halides is 3. The van der Waals surface area contributed by atoms with E-state index in [1.165, 1.54) is 0 Å². The molecule has 1 fully saturated rings. The Balaban J connectivity index is 0.00000264. The highest BCUT2D eigenvalue weighted by atomic mass is 35.5. The number of piperidine rings is 1. The van der Waals surface area contributed by atoms with E-state index in [0.29, 0.717) is 24.5 Å². The lowest BCUT2D eigenvalue weighted by Gasteiger charge is -2.33. The predicted octanol–water partition coefficient (Wildman–Crippen LogP) is 3.42. The SMILES string of the molecule is CCCC(N)C(=O)N1CCCC(c2nc(C(F)(F)F)cs2)C1.Cl. The van der Waals surface area contributed by atoms with E-state index in [-0.39, 0.29) is 24.2 Å². The third-order valence-corrected chi connectivity index (χ3v) is 4.82. The summed E-state index contributed by atoms with van der Waals surface area (Å²) in [7, 11) is 0. The first-order valence-corrected chi connectivity index (χ1v) is 8.28. The molecule has 1 amide bonds. The number of nitrogens with zero attached hydrogens (tertiary/aromatic N) is 2. The second-order valence-electron chi connectivity index (χ2n) is 5.59. The molecule has 9 heteroatoms. The van der Waals surface area contributed by atoms with Crippen LogP contribution >= 0.6 is 23.7 Å². The largest absolute Gasteiger partial charge is 0.434 e. The molecule has 1 aliphatic rings. The minimum absolute atomic E-state index is 0. The molecule has 0 spiro atoms. The van der Waals surface area contributed by atoms with Gasteiger partial charge >= 0.3 is 6.18 Å². The molecule has 2 heterocycles. The summed E-state index contributed by atoms with van der Waals surface area (Å²) >= 11 is 1.02. The van der Waals surface area contributed by atoms with Crippen LogP contribution in [0.25, 0.3) is 0 Å². The van der Waals surface area contributed by atoms with Crippen LogP contribution in [0.15, 0.2) is 5.38 Å². The third kappa shape index (κ3) is 5.06. The van der Waals surface area contributed by atoms with E-state index >= 15 is 0 Å². The van der Waals surface area contributed by atoms with E-state index in [1.54, 1.807) is 4.90 Å². The molecule has 1 aromatic rings. The first-order valence-electron chi connectivity index (χ1n) is 7.40. The highest BCUT2D eigenvalue weighted by Gasteiger charge is 2.35. The van der Waals surface area contributed by atoms with Gasteiger partial charge in [-0.15, -0.1) is 23.7 Å². The van der Waals surface area contributed by atoms with E-state index in [0.717, 1.165) is 36.0 Å². The molecule has 23 heavy (non-hydrogen) atoms. The number of carbonyl (C=O) groups is 1. The number of rotatable bonds is 4. The van der Waals surface area contributed by atoms with Gasteiger partial charge in [0.1, 0.15) is 0 Å². The van der Waals surface area contributed by atoms with Crippen molar-refractivity contribution in [1.82, 2.24) is 9.88 Å². The fourth-order valence-corrected chi connectivity index (χ4v) is 3.61. The van der Waals surface area contributed by atoms with Gasteiger partial charge in [-0.25, -0.2) is 4.98 Å². The molecule has 2 rings (SSSR count). The number of thiazole rings is 1. The molecule has 1 saturated heterocycles. The number of likely N-dealkylation sites (tertiary alicyclic amines) is 1. The minimum atomic E-state index is -4.41. The average Bonchev–Trinajstić information content (AvgIpc) is 2.97. The molecular weight excluding hydrogens is 351 g/mol. The van der Waals surface area contributed by atoms with Crippen LogP contribution in [0.1, 0.15) is 49.2 Å². The van der Waals surface area contributed by atoms with Crippen LogP contribution in [0.2, 0.25) is 0 Å². The number of hydrogen-bond donors (Lipinski definition) is 1. The summed E-state index contributed by atoms with van der Waals surface area (Å²) in [5, 5.41) is 1.49. The molecule has 132 valence electrons. The lowest BCUT2D eigenvalue weighted by Crippen LogP contribution is -2.47. The van der Waals surface area contributed by atoms with Crippen LogP contribution in [-0.2, 0) is 11.0 Å². The Morgan fingerprint density at radius 1 is 1.57 bits per heavy atom. The number of hydrogen-bond acceptors (Lipinski definition) is 4. The highest BCUT2D eigenvalue weighted by molar-refractivity contribution is 7.09. The summed E-state index contributed by atoms with van der Waals surface area (Å²) in [4.78, 5) is 17.6. The Morgan fingerprint density at radius 2 is 2.26 bits per heavy atom. The molecule has 0 saturated carbocycles. The van der Waals surface area contributed by atoms with Gasteiger partial charge in [0.05, 0.1) is 11.0 Å². The second kappa shape index (κ2) is 8.30. The Hall–Kier alpha value is -0.860. The van der Waals surface area contributed by atoms with Gasteiger partial charge in [0.2, 0.25) is 5.91 Å². The summed E-state index contributed by atoms with van der Waals surface area (Å²) in [6, 6.07) is -0.522. The van der Waals surface area contributed by atoms with Gasteiger partial charge in [-0.1, -0.05) is 13.3 Å². The summed E-state index contributed by atoms with van der Waals surface area (Å²) in [6.07, 6.45) is -1.46. The van der Waals surface area contributed by atoms with Gasteiger partial charge in [0.15, 0.2) is 5.69 Å². The minimum Gasteiger partial charge on any atom is -0.341 e. The Kier molecular flexibility index (Phi) is 7.29. The van der Waals surface area contributed by atoms with Gasteiger partial charge < -0.3 is 10.6 Å². The van der Waals surface area contributed by atoms with Crippen molar-refractivity contribution in [1.29, 1.82) is 0 Å². The number of carbonyl (C=O) groups excluding carboxylic acids is 1. The Morgan fingerprint density at radius 3 is 2.83 bits per heavy atom. The number of halogens is 4. The molecule has 0 radical (unpaired) electrons. The third-order valence-electron chi connectivity index (χ3n) is 3.81. The molecule has 0 aliphatic carbocycles. The lowest BCUT2D eigenvalue weighted by atomic mass is 9.97. The molecule has 2 N–H and O–H groups in total. The standard InChI is InChI=1S/C14H20F3N3OS.ClH/c1-2-4-10(18)13(21)20-6-3-5-9(7-20)12-19-11(8-22-12)14(15,16)17;/h8-10H,2-7,18H2,1H3;1H. The summed E-state index contributed by atoms with van der Waals surface area (Å²) in [5.41, 5.74) is 5.00. The zero-order valence-electron chi connectivity index (χ0n) is 12.8. The van der Waals surface area contributed by atoms with Crippen molar-refractivity contribution in [3.05, 3.63) is 16.1 Å². The van der Waals surface area contributed by atoms with Crippen molar-refractivity contribution >= 4 is 29.7 Å². The van der Waals surface area contributed by atoms with Crippen molar-refractivity contribution in [2.45, 2.75) is 50.7 Å². The molecule has 2 unspecified atom stereocenters. The monoisotopic (exact) mass is 371 g/mol. The number of amides is 1. The molecule has 4 nitrogen and oxygen atoms in total. The second-order valence-corrected chi connectivity index (χ2v) is 6.48. The first-order chi connectivity index (χ1) is 10.3. The van der Waals surface area contributed by atoms with Crippen molar-refractivity contribution in [2.75, 3.05) is 13.1 Å². The van der Waals surface area contributed by atoms with E-state index in [2.05, 4.69) is 4.98 Å². The molecular formula is C14H21ClF3N3OS. The smallest absolute Gasteiger partial charge is 0.341 e. The van der Waals surface area contributed by atoms with Crippen molar-refractivity contribution < 1.29 is 18.0 Å². The van der Waals surface area contributed by atoms with Crippen LogP contribution < -0.4 is 5.73 Å². The molecule has 1 aromatic heterocycles. The first kappa shape index (κ1) is 20.2. The lowest BCUT2D eigenvalue weighted by molar-refractivity contribution is -0.141. The number of nitrogens with two attached hydrogens (primary N) is 1. The molecule has 1 aliphatic heterocycles. The maximum absolute atomic E-state index is 12.6. The van der Waals surface area contributed by atoms with Crippen LogP contribution in [0.3, 0.4) is 0 Å². The quantitative estimate of drug-likeness (QED) is 0.882. The molecule has 2 atom stereocenters. The van der Waals surface area contributed by atoms with Crippen molar-refractivity contribution in [2.24, 2.45) is 5.73 Å². The van der Waals surface area contributed by atoms with Gasteiger partial charge in [-0.05, 0) is 19.3 Å². The van der Waals surface area contributed by atoms with Crippen molar-refractivity contribution in [3.8, 4) is 0 Å². The molecule has 0 aromatic carbocycles. The van der Waals surface area contributed by atoms with Crippen LogP contribution in [0, 0.1) is 0 Å². The zero-order chi connectivity index (χ0) is 16.3. The molecule has 0 bridgehead atoms. The fourth-order valence-electron chi connectivity index (χ4n) is 2.65. The van der Waals surface area contributed by atoms with E-state index in [9.17, 15) is 18.0 Å². The van der Waals surface area contributed by atoms with Crippen LogP contribution in [-0.4, -0.2) is 34.9 Å². The van der Waals surface area contributed by atoms with Crippen LogP contribution in [0.5, 0.6) is 0 Å². The topological polar surface area (TPSA) is 59.2 Å². The summed E-state index contributed by atoms with van der Waals surface area (Å²) < 4.78 is 37.9. The van der Waals surface area contributed by atoms with Crippen LogP contribution in [0.4, 0.5) is 13.2 Å². The number of aromatic nitrogens is 1. The fraction of sp³-hybridized carbons (Fsp3) is 0.714. The maximum Gasteiger partial charge on any atom is 0.434 e. The van der Waals surface area contributed by atoms with Gasteiger partial charge in [-0.3, -0.25) is 4.79 Å². The predicted molar refractivity (Wildman–Crippen MR) is 85.8 cm³/mol. The van der Waals surface area contributed by atoms with E-state index < -0.39 is 17.9 Å². The van der Waals surface area contributed by atoms with Gasteiger partial charge in [0.25, 0.3) is 0 Å². The van der Waals surface area contributed by atoms with E-state index in [1.807, 2.05) is 6.92 Å². The Bertz CT molecular complexity index is 524. The summed E-state index contributed by atoms with van der Waals surface area (Å²) in [6.45, 7) is 2.98. The highest BCUT2D eigenvalue weighted by Crippen LogP contribution is 2.35. The average molecular weight is 372 g/mol. The maximum atomic E-state index is 12.6. The van der Waals surface area contributed by atoms with Crippen molar-refractivity contribution in [3.63, 3.8) is 0 Å².